The third kappa shape index (κ3) is 3.07. The molecule has 1 spiro atoms. The summed E-state index contributed by atoms with van der Waals surface area (Å²) in [4.78, 5) is 43.4. The van der Waals surface area contributed by atoms with Gasteiger partial charge in [0, 0.05) is 37.0 Å². The Kier molecular flexibility index (Phi) is 4.99. The third-order valence-electron chi connectivity index (χ3n) is 10.3. The summed E-state index contributed by atoms with van der Waals surface area (Å²) in [7, 11) is 0. The van der Waals surface area contributed by atoms with E-state index in [0.29, 0.717) is 39.0 Å². The maximum atomic E-state index is 13.8. The molecule has 4 aliphatic rings. The fourth-order valence-electron chi connectivity index (χ4n) is 7.21. The second-order valence-electron chi connectivity index (χ2n) is 12.1. The van der Waals surface area contributed by atoms with Gasteiger partial charge in [0.2, 0.25) is 0 Å². The zero-order valence-corrected chi connectivity index (χ0v) is 21.4. The van der Waals surface area contributed by atoms with Gasteiger partial charge in [-0.2, -0.15) is 0 Å². The second-order valence-corrected chi connectivity index (χ2v) is 12.1. The van der Waals surface area contributed by atoms with Crippen LogP contribution in [0.5, 0.6) is 0 Å². The molecular weight excluding hydrogens is 454 g/mol. The van der Waals surface area contributed by atoms with Gasteiger partial charge >= 0.3 is 12.0 Å². The number of carbonyl (C=O) groups excluding carboxylic acids is 3. The Bertz CT molecular complexity index is 1260. The Morgan fingerprint density at radius 2 is 1.53 bits per heavy atom. The van der Waals surface area contributed by atoms with Gasteiger partial charge in [0.05, 0.1) is 11.1 Å². The first kappa shape index (κ1) is 23.3. The average molecular weight is 490 g/mol. The van der Waals surface area contributed by atoms with Gasteiger partial charge in [-0.15, -0.1) is 0 Å². The number of piperidine rings is 1. The highest BCUT2D eigenvalue weighted by Crippen LogP contribution is 2.66. The number of likely N-dealkylation sites (tertiary alicyclic amines) is 2. The van der Waals surface area contributed by atoms with Crippen molar-refractivity contribution < 1.29 is 19.1 Å². The molecule has 36 heavy (non-hydrogen) atoms. The van der Waals surface area contributed by atoms with E-state index in [2.05, 4.69) is 5.32 Å². The molecule has 7 nitrogen and oxygen atoms in total. The fraction of sp³-hybridized carbons (Fsp3) is 0.552. The number of fused-ring (bicyclic) bond motifs is 3. The molecule has 1 N–H and O–H groups in total. The van der Waals surface area contributed by atoms with E-state index in [0.717, 1.165) is 35.7 Å². The number of hydrogen-bond acceptors (Lipinski definition) is 4. The van der Waals surface area contributed by atoms with Crippen LogP contribution in [0.1, 0.15) is 52.9 Å². The number of ether oxygens (including phenoxy) is 1. The number of esters is 1. The van der Waals surface area contributed by atoms with Crippen molar-refractivity contribution in [3.63, 3.8) is 0 Å². The molecule has 190 valence electrons. The molecule has 1 saturated carbocycles. The van der Waals surface area contributed by atoms with Crippen molar-refractivity contribution in [2.75, 3.05) is 31.5 Å². The minimum atomic E-state index is -1.04. The van der Waals surface area contributed by atoms with Gasteiger partial charge < -0.3 is 19.9 Å². The summed E-state index contributed by atoms with van der Waals surface area (Å²) >= 11 is 0. The molecule has 4 fully saturated rings. The van der Waals surface area contributed by atoms with Crippen LogP contribution >= 0.6 is 0 Å². The van der Waals surface area contributed by atoms with Crippen molar-refractivity contribution in [3.8, 4) is 0 Å². The van der Waals surface area contributed by atoms with E-state index >= 15 is 0 Å². The first-order valence-corrected chi connectivity index (χ1v) is 13.2. The number of nitrogens with zero attached hydrogens (tertiary/aromatic N) is 2. The van der Waals surface area contributed by atoms with Crippen LogP contribution in [0, 0.1) is 16.2 Å². The first-order valence-electron chi connectivity index (χ1n) is 13.2. The molecule has 2 aromatic rings. The third-order valence-corrected chi connectivity index (χ3v) is 10.3. The lowest BCUT2D eigenvalue weighted by Crippen LogP contribution is -2.55. The maximum absolute atomic E-state index is 13.8. The van der Waals surface area contributed by atoms with Crippen molar-refractivity contribution >= 4 is 34.4 Å². The number of amides is 3. The lowest BCUT2D eigenvalue weighted by Gasteiger charge is -2.41. The largest absolute Gasteiger partial charge is 0.448 e. The first-order chi connectivity index (χ1) is 17.1. The number of urea groups is 1. The zero-order chi connectivity index (χ0) is 25.3. The number of hydrogen-bond donors (Lipinski definition) is 1. The van der Waals surface area contributed by atoms with E-state index in [-0.39, 0.29) is 23.3 Å². The average Bonchev–Trinajstić information content (AvgIpc) is 3.42. The number of anilines is 1. The van der Waals surface area contributed by atoms with E-state index in [1.165, 1.54) is 0 Å². The van der Waals surface area contributed by atoms with Gasteiger partial charge in [-0.05, 0) is 55.9 Å². The van der Waals surface area contributed by atoms with Crippen molar-refractivity contribution in [1.29, 1.82) is 0 Å². The molecule has 7 heteroatoms. The van der Waals surface area contributed by atoms with Gasteiger partial charge in [-0.3, -0.25) is 9.59 Å². The Labute approximate surface area is 212 Å². The molecule has 6 rings (SSSR count). The monoisotopic (exact) mass is 489 g/mol. The van der Waals surface area contributed by atoms with Crippen molar-refractivity contribution in [3.05, 3.63) is 42.5 Å². The topological polar surface area (TPSA) is 79.0 Å². The van der Waals surface area contributed by atoms with Crippen LogP contribution in [-0.2, 0) is 14.3 Å². The molecule has 2 atom stereocenters. The summed E-state index contributed by atoms with van der Waals surface area (Å²) in [5, 5.41) is 5.24. The van der Waals surface area contributed by atoms with Crippen LogP contribution in [0.3, 0.4) is 0 Å². The summed E-state index contributed by atoms with van der Waals surface area (Å²) < 4.78 is 5.86. The number of nitrogens with one attached hydrogen (secondary N) is 1. The summed E-state index contributed by atoms with van der Waals surface area (Å²) in [6.45, 7) is 8.68. The molecule has 0 aromatic heterocycles. The summed E-state index contributed by atoms with van der Waals surface area (Å²) in [6.07, 6.45) is 3.97. The van der Waals surface area contributed by atoms with Crippen LogP contribution in [0.15, 0.2) is 42.5 Å². The van der Waals surface area contributed by atoms with Gasteiger partial charge in [0.15, 0.2) is 5.60 Å². The standard InChI is InChI=1S/C29H35N3O4/c1-26(2)27(3)11-12-29(26,36-24(27)34)23(33)32-18-15-28(19-32)13-16-31(17-14-28)25(35)30-22-10-6-8-20-7-4-5-9-21(20)22/h4-10H,11-19H2,1-3H3,(H,30,35). The van der Waals surface area contributed by atoms with E-state index in [4.69, 9.17) is 4.74 Å². The van der Waals surface area contributed by atoms with Crippen LogP contribution in [0.2, 0.25) is 0 Å². The molecule has 1 aliphatic carbocycles. The number of rotatable bonds is 2. The molecule has 3 amide bonds. The highest BCUT2D eigenvalue weighted by molar-refractivity contribution is 6.01. The Balaban J connectivity index is 1.11. The van der Waals surface area contributed by atoms with Gasteiger partial charge in [0.25, 0.3) is 5.91 Å². The van der Waals surface area contributed by atoms with Gasteiger partial charge in [-0.25, -0.2) is 4.79 Å². The quantitative estimate of drug-likeness (QED) is 0.614. The highest BCUT2D eigenvalue weighted by atomic mass is 16.6. The van der Waals surface area contributed by atoms with E-state index < -0.39 is 16.4 Å². The summed E-state index contributed by atoms with van der Waals surface area (Å²) in [6, 6.07) is 13.9. The van der Waals surface area contributed by atoms with Crippen LogP contribution in [0.25, 0.3) is 10.8 Å². The van der Waals surface area contributed by atoms with E-state index in [9.17, 15) is 14.4 Å². The normalized spacial score (nSPS) is 30.1. The Morgan fingerprint density at radius 3 is 2.19 bits per heavy atom. The number of benzene rings is 2. The lowest BCUT2D eigenvalue weighted by molar-refractivity contribution is -0.173. The maximum Gasteiger partial charge on any atom is 0.321 e. The van der Waals surface area contributed by atoms with Gasteiger partial charge in [-0.1, -0.05) is 50.2 Å². The minimum absolute atomic E-state index is 0.0184. The zero-order valence-electron chi connectivity index (χ0n) is 21.4. The van der Waals surface area contributed by atoms with Crippen molar-refractivity contribution in [1.82, 2.24) is 9.80 Å². The molecular formula is C29H35N3O4. The van der Waals surface area contributed by atoms with E-state index in [1.807, 2.05) is 73.0 Å². The highest BCUT2D eigenvalue weighted by Gasteiger charge is 2.76. The van der Waals surface area contributed by atoms with Crippen molar-refractivity contribution in [2.45, 2.75) is 58.5 Å². The van der Waals surface area contributed by atoms with Crippen molar-refractivity contribution in [2.24, 2.45) is 16.2 Å². The van der Waals surface area contributed by atoms with E-state index in [1.54, 1.807) is 0 Å². The molecule has 3 heterocycles. The van der Waals surface area contributed by atoms with Crippen LogP contribution < -0.4 is 5.32 Å². The SMILES string of the molecule is CC12CCC(C(=O)N3CCC4(CCN(C(=O)Nc5cccc6ccccc56)CC4)C3)(OC1=O)C2(C)C. The van der Waals surface area contributed by atoms with Crippen LogP contribution in [-0.4, -0.2) is 59.5 Å². The minimum Gasteiger partial charge on any atom is -0.448 e. The predicted octanol–water partition coefficient (Wildman–Crippen LogP) is 4.81. The van der Waals surface area contributed by atoms with Gasteiger partial charge in [0.1, 0.15) is 0 Å². The second kappa shape index (κ2) is 7.70. The Morgan fingerprint density at radius 1 is 0.861 bits per heavy atom. The number of carbonyl (C=O) groups is 3. The summed E-state index contributed by atoms with van der Waals surface area (Å²) in [5.74, 6) is -0.249. The summed E-state index contributed by atoms with van der Waals surface area (Å²) in [5.41, 5.74) is -1.30. The molecule has 2 aromatic carbocycles. The van der Waals surface area contributed by atoms with Crippen LogP contribution in [0.4, 0.5) is 10.5 Å². The molecule has 3 aliphatic heterocycles. The molecule has 2 bridgehead atoms. The smallest absolute Gasteiger partial charge is 0.321 e. The fourth-order valence-corrected chi connectivity index (χ4v) is 7.21. The molecule has 0 radical (unpaired) electrons. The molecule has 2 unspecified atom stereocenters. The predicted molar refractivity (Wildman–Crippen MR) is 137 cm³/mol. The lowest BCUT2D eigenvalue weighted by atomic mass is 9.66. The Hall–Kier alpha value is -3.09. The molecule has 3 saturated heterocycles.